The fourth-order valence-corrected chi connectivity index (χ4v) is 2.60. The normalized spacial score (nSPS) is 14.5. The van der Waals surface area contributed by atoms with E-state index in [1.54, 1.807) is 12.1 Å². The lowest BCUT2D eigenvalue weighted by Crippen LogP contribution is -2.03. The lowest BCUT2D eigenvalue weighted by atomic mass is 10.0. The summed E-state index contributed by atoms with van der Waals surface area (Å²) >= 11 is 0. The standard InChI is InChI=1S/C19H19N3O2/c1-2-17(16-10-9-15(23)12-19(16)24)21-14-7-5-13(6-8-14)18-4-3-11-20-22-18/h5-12,23-24H,2-4H2,1H3. The molecule has 1 aliphatic rings. The molecule has 1 heterocycles. The molecule has 5 heteroatoms. The highest BCUT2D eigenvalue weighted by Crippen LogP contribution is 2.26. The van der Waals surface area contributed by atoms with E-state index in [9.17, 15) is 10.2 Å². The molecule has 0 radical (unpaired) electrons. The van der Waals surface area contributed by atoms with Crippen LogP contribution in [-0.4, -0.2) is 27.9 Å². The van der Waals surface area contributed by atoms with Crippen LogP contribution in [0.5, 0.6) is 11.5 Å². The lowest BCUT2D eigenvalue weighted by molar-refractivity contribution is 0.450. The van der Waals surface area contributed by atoms with Crippen LogP contribution in [-0.2, 0) is 0 Å². The van der Waals surface area contributed by atoms with E-state index in [4.69, 9.17) is 0 Å². The second kappa shape index (κ2) is 7.08. The molecule has 2 N–H and O–H groups in total. The summed E-state index contributed by atoms with van der Waals surface area (Å²) in [4.78, 5) is 4.63. The van der Waals surface area contributed by atoms with Crippen molar-refractivity contribution >= 4 is 23.3 Å². The average molecular weight is 321 g/mol. The van der Waals surface area contributed by atoms with Gasteiger partial charge in [0.05, 0.1) is 17.1 Å². The molecule has 2 aromatic rings. The molecule has 1 aliphatic heterocycles. The van der Waals surface area contributed by atoms with Crippen LogP contribution in [0, 0.1) is 0 Å². The predicted octanol–water partition coefficient (Wildman–Crippen LogP) is 4.20. The molecule has 0 bridgehead atoms. The quantitative estimate of drug-likeness (QED) is 0.828. The number of aliphatic imine (C=N–C) groups is 1. The molecule has 0 aromatic heterocycles. The largest absolute Gasteiger partial charge is 0.508 e. The SMILES string of the molecule is CCC(=Nc1ccc(C2=NN=CCC2)cc1)c1ccc(O)cc1O. The molecule has 24 heavy (non-hydrogen) atoms. The van der Waals surface area contributed by atoms with Gasteiger partial charge in [0.1, 0.15) is 11.5 Å². The lowest BCUT2D eigenvalue weighted by Gasteiger charge is -2.09. The topological polar surface area (TPSA) is 77.5 Å². The van der Waals surface area contributed by atoms with Crippen molar-refractivity contribution in [2.45, 2.75) is 26.2 Å². The zero-order valence-corrected chi connectivity index (χ0v) is 13.5. The van der Waals surface area contributed by atoms with Gasteiger partial charge in [-0.25, -0.2) is 0 Å². The summed E-state index contributed by atoms with van der Waals surface area (Å²) in [6, 6.07) is 12.4. The van der Waals surface area contributed by atoms with Gasteiger partial charge in [0.2, 0.25) is 0 Å². The molecule has 5 nitrogen and oxygen atoms in total. The molecule has 122 valence electrons. The summed E-state index contributed by atoms with van der Waals surface area (Å²) in [5.74, 6) is 0.0635. The Hall–Kier alpha value is -2.95. The van der Waals surface area contributed by atoms with Gasteiger partial charge in [-0.15, -0.1) is 0 Å². The molecule has 3 rings (SSSR count). The first-order chi connectivity index (χ1) is 11.7. The van der Waals surface area contributed by atoms with Gasteiger partial charge < -0.3 is 10.2 Å². The van der Waals surface area contributed by atoms with E-state index in [1.165, 1.54) is 6.07 Å². The van der Waals surface area contributed by atoms with Gasteiger partial charge in [-0.05, 0) is 49.1 Å². The van der Waals surface area contributed by atoms with Gasteiger partial charge in [0.15, 0.2) is 0 Å². The van der Waals surface area contributed by atoms with E-state index < -0.39 is 0 Å². The maximum absolute atomic E-state index is 10.0. The van der Waals surface area contributed by atoms with Crippen molar-refractivity contribution in [1.82, 2.24) is 0 Å². The van der Waals surface area contributed by atoms with Gasteiger partial charge in [0, 0.05) is 17.8 Å². The van der Waals surface area contributed by atoms with Crippen molar-refractivity contribution in [3.8, 4) is 11.5 Å². The molecule has 0 amide bonds. The van der Waals surface area contributed by atoms with Gasteiger partial charge in [-0.2, -0.15) is 10.2 Å². The van der Waals surface area contributed by atoms with Crippen molar-refractivity contribution in [3.63, 3.8) is 0 Å². The van der Waals surface area contributed by atoms with Crippen LogP contribution in [0.1, 0.15) is 37.3 Å². The zero-order chi connectivity index (χ0) is 16.9. The number of hydrogen-bond acceptors (Lipinski definition) is 5. The van der Waals surface area contributed by atoms with Crippen molar-refractivity contribution in [2.24, 2.45) is 15.2 Å². The highest BCUT2D eigenvalue weighted by molar-refractivity contribution is 6.05. The Morgan fingerprint density at radius 2 is 1.92 bits per heavy atom. The molecule has 0 unspecified atom stereocenters. The monoisotopic (exact) mass is 321 g/mol. The maximum Gasteiger partial charge on any atom is 0.128 e. The van der Waals surface area contributed by atoms with Gasteiger partial charge in [0.25, 0.3) is 0 Å². The van der Waals surface area contributed by atoms with Crippen molar-refractivity contribution in [2.75, 3.05) is 0 Å². The molecule has 0 saturated heterocycles. The number of rotatable bonds is 4. The van der Waals surface area contributed by atoms with E-state index in [-0.39, 0.29) is 11.5 Å². The first kappa shape index (κ1) is 15.9. The summed E-state index contributed by atoms with van der Waals surface area (Å²) in [5, 5.41) is 27.6. The number of phenols is 2. The van der Waals surface area contributed by atoms with E-state index in [2.05, 4.69) is 15.2 Å². The van der Waals surface area contributed by atoms with Crippen LogP contribution in [0.15, 0.2) is 57.7 Å². The Morgan fingerprint density at radius 1 is 1.12 bits per heavy atom. The smallest absolute Gasteiger partial charge is 0.128 e. The Balaban J connectivity index is 1.88. The summed E-state index contributed by atoms with van der Waals surface area (Å²) < 4.78 is 0. The first-order valence-corrected chi connectivity index (χ1v) is 7.96. The number of aromatic hydroxyl groups is 2. The second-order valence-electron chi connectivity index (χ2n) is 5.54. The first-order valence-electron chi connectivity index (χ1n) is 7.96. The molecule has 2 aromatic carbocycles. The van der Waals surface area contributed by atoms with Crippen LogP contribution in [0.4, 0.5) is 5.69 Å². The third kappa shape index (κ3) is 3.51. The summed E-state index contributed by atoms with van der Waals surface area (Å²) in [5.41, 5.74) is 4.24. The average Bonchev–Trinajstić information content (AvgIpc) is 2.61. The minimum atomic E-state index is 0.0293. The molecular formula is C19H19N3O2. The Morgan fingerprint density at radius 3 is 2.54 bits per heavy atom. The highest BCUT2D eigenvalue weighted by atomic mass is 16.3. The minimum absolute atomic E-state index is 0.0293. The van der Waals surface area contributed by atoms with Gasteiger partial charge >= 0.3 is 0 Å². The molecule has 0 fully saturated rings. The number of benzene rings is 2. The van der Waals surface area contributed by atoms with E-state index in [0.717, 1.165) is 35.5 Å². The van der Waals surface area contributed by atoms with Crippen molar-refractivity contribution in [1.29, 1.82) is 0 Å². The number of hydrogen-bond donors (Lipinski definition) is 2. The molecule has 0 saturated carbocycles. The van der Waals surface area contributed by atoms with E-state index in [0.29, 0.717) is 12.0 Å². The second-order valence-corrected chi connectivity index (χ2v) is 5.54. The zero-order valence-electron chi connectivity index (χ0n) is 13.5. The fraction of sp³-hybridized carbons (Fsp3) is 0.211. The van der Waals surface area contributed by atoms with Crippen molar-refractivity contribution < 1.29 is 10.2 Å². The third-order valence-electron chi connectivity index (χ3n) is 3.86. The Kier molecular flexibility index (Phi) is 4.70. The Bertz CT molecular complexity index is 821. The third-order valence-corrected chi connectivity index (χ3v) is 3.86. The van der Waals surface area contributed by atoms with E-state index >= 15 is 0 Å². The van der Waals surface area contributed by atoms with Crippen LogP contribution in [0.2, 0.25) is 0 Å². The maximum atomic E-state index is 10.0. The summed E-state index contributed by atoms with van der Waals surface area (Å²) in [7, 11) is 0. The summed E-state index contributed by atoms with van der Waals surface area (Å²) in [6.07, 6.45) is 4.30. The fourth-order valence-electron chi connectivity index (χ4n) is 2.60. The van der Waals surface area contributed by atoms with Crippen molar-refractivity contribution in [3.05, 3.63) is 53.6 Å². The molecule has 0 atom stereocenters. The van der Waals surface area contributed by atoms with Crippen LogP contribution in [0.25, 0.3) is 0 Å². The van der Waals surface area contributed by atoms with Crippen LogP contribution in [0.3, 0.4) is 0 Å². The molecule has 0 aliphatic carbocycles. The highest BCUT2D eigenvalue weighted by Gasteiger charge is 2.09. The molecule has 0 spiro atoms. The van der Waals surface area contributed by atoms with E-state index in [1.807, 2.05) is 37.4 Å². The molecular weight excluding hydrogens is 302 g/mol. The Labute approximate surface area is 140 Å². The van der Waals surface area contributed by atoms with Crippen LogP contribution < -0.4 is 0 Å². The predicted molar refractivity (Wildman–Crippen MR) is 97.0 cm³/mol. The summed E-state index contributed by atoms with van der Waals surface area (Å²) in [6.45, 7) is 1.98. The van der Waals surface area contributed by atoms with Crippen LogP contribution >= 0.6 is 0 Å². The minimum Gasteiger partial charge on any atom is -0.508 e. The number of nitrogens with zero attached hydrogens (tertiary/aromatic N) is 3. The van der Waals surface area contributed by atoms with Gasteiger partial charge in [-0.3, -0.25) is 4.99 Å². The van der Waals surface area contributed by atoms with Gasteiger partial charge in [-0.1, -0.05) is 19.1 Å². The number of phenolic OH excluding ortho intramolecular Hbond substituents is 2.